The number of ether oxygens (including phenoxy) is 2. The van der Waals surface area contributed by atoms with Gasteiger partial charge in [-0.1, -0.05) is 18.2 Å². The summed E-state index contributed by atoms with van der Waals surface area (Å²) in [5.41, 5.74) is 2.00. The summed E-state index contributed by atoms with van der Waals surface area (Å²) in [4.78, 5) is 24.2. The number of rotatable bonds is 5. The molecule has 1 N–H and O–H groups in total. The molecule has 0 aliphatic heterocycles. The van der Waals surface area contributed by atoms with Gasteiger partial charge in [0, 0.05) is 5.69 Å². The number of benzene rings is 2. The summed E-state index contributed by atoms with van der Waals surface area (Å²) in [5, 5.41) is 2.75. The van der Waals surface area contributed by atoms with Crippen LogP contribution >= 0.6 is 0 Å². The van der Waals surface area contributed by atoms with Crippen LogP contribution in [0.4, 0.5) is 5.69 Å². The molecule has 0 aromatic heterocycles. The first kappa shape index (κ1) is 16.5. The molecule has 5 heteroatoms. The number of carbonyl (C=O) groups excluding carboxylic acids is 2. The summed E-state index contributed by atoms with van der Waals surface area (Å²) in [6.07, 6.45) is -0.899. The molecule has 5 nitrogen and oxygen atoms in total. The molecule has 0 fully saturated rings. The van der Waals surface area contributed by atoms with E-state index in [0.717, 1.165) is 5.56 Å². The number of methoxy groups -OCH3 is 1. The maximum atomic E-state index is 12.1. The summed E-state index contributed by atoms with van der Waals surface area (Å²) in [6, 6.07) is 13.9. The van der Waals surface area contributed by atoms with Gasteiger partial charge in [-0.15, -0.1) is 0 Å². The van der Waals surface area contributed by atoms with Crippen LogP contribution in [0.3, 0.4) is 0 Å². The summed E-state index contributed by atoms with van der Waals surface area (Å²) >= 11 is 0. The zero-order chi connectivity index (χ0) is 16.8. The van der Waals surface area contributed by atoms with Gasteiger partial charge in [0.05, 0.1) is 12.7 Å². The molecule has 0 bridgehead atoms. The highest BCUT2D eigenvalue weighted by Crippen LogP contribution is 2.15. The van der Waals surface area contributed by atoms with Gasteiger partial charge in [0.1, 0.15) is 5.75 Å². The fourth-order valence-corrected chi connectivity index (χ4v) is 1.96. The molecule has 1 amide bonds. The van der Waals surface area contributed by atoms with Gasteiger partial charge in [0.2, 0.25) is 0 Å². The quantitative estimate of drug-likeness (QED) is 0.861. The summed E-state index contributed by atoms with van der Waals surface area (Å²) in [7, 11) is 1.55. The van der Waals surface area contributed by atoms with Crippen LogP contribution in [0.15, 0.2) is 48.5 Å². The van der Waals surface area contributed by atoms with Crippen molar-refractivity contribution >= 4 is 17.6 Å². The predicted molar refractivity (Wildman–Crippen MR) is 87.7 cm³/mol. The van der Waals surface area contributed by atoms with Crippen LogP contribution in [-0.4, -0.2) is 25.1 Å². The lowest BCUT2D eigenvalue weighted by Gasteiger charge is -2.14. The van der Waals surface area contributed by atoms with Crippen molar-refractivity contribution in [2.75, 3.05) is 12.4 Å². The van der Waals surface area contributed by atoms with Crippen molar-refractivity contribution in [1.82, 2.24) is 0 Å². The lowest BCUT2D eigenvalue weighted by atomic mass is 10.2. The largest absolute Gasteiger partial charge is 0.497 e. The zero-order valence-corrected chi connectivity index (χ0v) is 13.3. The first-order chi connectivity index (χ1) is 11.0. The van der Waals surface area contributed by atoms with Gasteiger partial charge in [0.25, 0.3) is 5.91 Å². The third kappa shape index (κ3) is 4.32. The van der Waals surface area contributed by atoms with Gasteiger partial charge >= 0.3 is 5.97 Å². The smallest absolute Gasteiger partial charge is 0.338 e. The highest BCUT2D eigenvalue weighted by atomic mass is 16.5. The van der Waals surface area contributed by atoms with Crippen LogP contribution in [0, 0.1) is 6.92 Å². The molecule has 0 spiro atoms. The molecule has 0 saturated carbocycles. The number of hydrogen-bond donors (Lipinski definition) is 1. The van der Waals surface area contributed by atoms with Crippen LogP contribution in [0.2, 0.25) is 0 Å². The third-order valence-corrected chi connectivity index (χ3v) is 3.38. The second kappa shape index (κ2) is 7.45. The van der Waals surface area contributed by atoms with Gasteiger partial charge in [-0.05, 0) is 49.7 Å². The maximum absolute atomic E-state index is 12.1. The van der Waals surface area contributed by atoms with Crippen molar-refractivity contribution in [2.24, 2.45) is 0 Å². The minimum absolute atomic E-state index is 0.362. The third-order valence-electron chi connectivity index (χ3n) is 3.38. The highest BCUT2D eigenvalue weighted by molar-refractivity contribution is 5.97. The normalized spacial score (nSPS) is 11.4. The molecular weight excluding hydrogens is 294 g/mol. The number of nitrogens with one attached hydrogen (secondary N) is 1. The van der Waals surface area contributed by atoms with Gasteiger partial charge in [0.15, 0.2) is 6.10 Å². The van der Waals surface area contributed by atoms with Crippen LogP contribution in [-0.2, 0) is 9.53 Å². The van der Waals surface area contributed by atoms with Crippen molar-refractivity contribution in [3.8, 4) is 5.75 Å². The topological polar surface area (TPSA) is 64.6 Å². The van der Waals surface area contributed by atoms with Crippen LogP contribution < -0.4 is 10.1 Å². The van der Waals surface area contributed by atoms with Gasteiger partial charge in [-0.3, -0.25) is 4.79 Å². The van der Waals surface area contributed by atoms with Gasteiger partial charge < -0.3 is 14.8 Å². The molecule has 1 atom stereocenters. The molecular formula is C18H19NO4. The van der Waals surface area contributed by atoms with E-state index in [4.69, 9.17) is 9.47 Å². The van der Waals surface area contributed by atoms with E-state index in [2.05, 4.69) is 5.32 Å². The monoisotopic (exact) mass is 313 g/mol. The fourth-order valence-electron chi connectivity index (χ4n) is 1.96. The molecule has 0 aliphatic rings. The minimum Gasteiger partial charge on any atom is -0.497 e. The molecule has 0 unspecified atom stereocenters. The van der Waals surface area contributed by atoms with Crippen molar-refractivity contribution in [3.05, 3.63) is 59.7 Å². The van der Waals surface area contributed by atoms with E-state index in [9.17, 15) is 9.59 Å². The molecule has 2 aromatic rings. The number of para-hydroxylation sites is 1. The molecule has 0 radical (unpaired) electrons. The Hall–Kier alpha value is -2.82. The number of carbonyl (C=O) groups is 2. The van der Waals surface area contributed by atoms with Crippen LogP contribution in [0.25, 0.3) is 0 Å². The highest BCUT2D eigenvalue weighted by Gasteiger charge is 2.19. The second-order valence-corrected chi connectivity index (χ2v) is 5.08. The van der Waals surface area contributed by atoms with E-state index >= 15 is 0 Å². The molecule has 23 heavy (non-hydrogen) atoms. The molecule has 0 saturated heterocycles. The van der Waals surface area contributed by atoms with Crippen molar-refractivity contribution < 1.29 is 19.1 Å². The van der Waals surface area contributed by atoms with Crippen LogP contribution in [0.5, 0.6) is 5.75 Å². The summed E-state index contributed by atoms with van der Waals surface area (Å²) < 4.78 is 10.2. The van der Waals surface area contributed by atoms with E-state index in [1.165, 1.54) is 6.92 Å². The number of anilines is 1. The standard InChI is InChI=1S/C18H19NO4/c1-12-6-4-5-7-16(12)19-17(20)13(2)23-18(21)14-8-10-15(22-3)11-9-14/h4-11,13H,1-3H3,(H,19,20)/t13-/m0/s1. The molecule has 2 aromatic carbocycles. The van der Waals surface area contributed by atoms with Crippen molar-refractivity contribution in [3.63, 3.8) is 0 Å². The molecule has 2 rings (SSSR count). The lowest BCUT2D eigenvalue weighted by Crippen LogP contribution is -2.30. The summed E-state index contributed by atoms with van der Waals surface area (Å²) in [5.74, 6) is -0.284. The number of aryl methyl sites for hydroxylation is 1. The van der Waals surface area contributed by atoms with Gasteiger partial charge in [-0.2, -0.15) is 0 Å². The average Bonchev–Trinajstić information content (AvgIpc) is 2.56. The first-order valence-electron chi connectivity index (χ1n) is 7.23. The Labute approximate surface area is 135 Å². The average molecular weight is 313 g/mol. The molecule has 0 aliphatic carbocycles. The Morgan fingerprint density at radius 2 is 1.70 bits per heavy atom. The van der Waals surface area contributed by atoms with Crippen molar-refractivity contribution in [1.29, 1.82) is 0 Å². The van der Waals surface area contributed by atoms with E-state index in [0.29, 0.717) is 17.0 Å². The van der Waals surface area contributed by atoms with E-state index in [1.807, 2.05) is 25.1 Å². The van der Waals surface area contributed by atoms with E-state index < -0.39 is 12.1 Å². The Morgan fingerprint density at radius 1 is 1.04 bits per heavy atom. The predicted octanol–water partition coefficient (Wildman–Crippen LogP) is 3.19. The zero-order valence-electron chi connectivity index (χ0n) is 13.3. The minimum atomic E-state index is -0.899. The Bertz CT molecular complexity index is 694. The fraction of sp³-hybridized carbons (Fsp3) is 0.222. The van der Waals surface area contributed by atoms with Gasteiger partial charge in [-0.25, -0.2) is 4.79 Å². The first-order valence-corrected chi connectivity index (χ1v) is 7.23. The number of amides is 1. The summed E-state index contributed by atoms with van der Waals surface area (Å²) in [6.45, 7) is 3.43. The lowest BCUT2D eigenvalue weighted by molar-refractivity contribution is -0.123. The second-order valence-electron chi connectivity index (χ2n) is 5.08. The maximum Gasteiger partial charge on any atom is 0.338 e. The van der Waals surface area contributed by atoms with E-state index in [-0.39, 0.29) is 5.91 Å². The van der Waals surface area contributed by atoms with Crippen molar-refractivity contribution in [2.45, 2.75) is 20.0 Å². The number of esters is 1. The van der Waals surface area contributed by atoms with E-state index in [1.54, 1.807) is 37.4 Å². The van der Waals surface area contributed by atoms with Crippen LogP contribution in [0.1, 0.15) is 22.8 Å². The Morgan fingerprint density at radius 3 is 2.30 bits per heavy atom. The number of hydrogen-bond acceptors (Lipinski definition) is 4. The Balaban J connectivity index is 1.97. The molecule has 0 heterocycles. The SMILES string of the molecule is COc1ccc(C(=O)O[C@@H](C)C(=O)Nc2ccccc2C)cc1. The molecule has 120 valence electrons. The Kier molecular flexibility index (Phi) is 5.36.